The maximum absolute atomic E-state index is 12.6. The third kappa shape index (κ3) is 13.3. The van der Waals surface area contributed by atoms with Gasteiger partial charge in [-0.3, -0.25) is 14.4 Å². The number of amides is 3. The summed E-state index contributed by atoms with van der Waals surface area (Å²) in [5.41, 5.74) is 0. The van der Waals surface area contributed by atoms with Crippen LogP contribution >= 0.6 is 0 Å². The number of carbonyl (C=O) groups excluding carboxylic acids is 3. The monoisotopic (exact) mass is 1010 g/mol. The van der Waals surface area contributed by atoms with Crippen LogP contribution in [-0.4, -0.2) is 301 Å². The van der Waals surface area contributed by atoms with Crippen LogP contribution in [0.25, 0.3) is 0 Å². The molecule has 0 unspecified atom stereocenters. The van der Waals surface area contributed by atoms with Crippen molar-refractivity contribution in [1.82, 2.24) is 16.0 Å². The van der Waals surface area contributed by atoms with Crippen LogP contribution < -0.4 is 16.0 Å². The molecule has 5 rings (SSSR count). The maximum Gasteiger partial charge on any atom is 0.217 e. The van der Waals surface area contributed by atoms with E-state index in [1.54, 1.807) is 0 Å². The third-order valence-corrected chi connectivity index (χ3v) is 12.1. The van der Waals surface area contributed by atoms with Crippen molar-refractivity contribution in [3.05, 3.63) is 0 Å². The summed E-state index contributed by atoms with van der Waals surface area (Å²) in [4.78, 5) is 35.5. The van der Waals surface area contributed by atoms with Crippen LogP contribution in [-0.2, 0) is 61.8 Å². The lowest BCUT2D eigenvalue weighted by Crippen LogP contribution is -2.70. The molecule has 0 saturated carbocycles. The average Bonchev–Trinajstić information content (AvgIpc) is 3.32. The van der Waals surface area contributed by atoms with Crippen LogP contribution in [0.2, 0.25) is 0 Å². The predicted molar refractivity (Wildman–Crippen MR) is 214 cm³/mol. The highest BCUT2D eigenvalue weighted by Gasteiger charge is 2.56. The van der Waals surface area contributed by atoms with Gasteiger partial charge in [0, 0.05) is 13.8 Å². The van der Waals surface area contributed by atoms with E-state index in [-0.39, 0.29) is 6.41 Å². The van der Waals surface area contributed by atoms with Crippen molar-refractivity contribution in [2.75, 3.05) is 46.2 Å². The molecule has 0 bridgehead atoms. The van der Waals surface area contributed by atoms with Crippen LogP contribution in [0.4, 0.5) is 0 Å². The summed E-state index contributed by atoms with van der Waals surface area (Å²) < 4.78 is 57.3. The molecule has 5 fully saturated rings. The summed E-state index contributed by atoms with van der Waals surface area (Å²) in [6, 6.07) is -4.25. The third-order valence-electron chi connectivity index (χ3n) is 12.1. The zero-order valence-electron chi connectivity index (χ0n) is 37.1. The van der Waals surface area contributed by atoms with E-state index in [1.165, 1.54) is 0 Å². The first-order valence-electron chi connectivity index (χ1n) is 21.8. The van der Waals surface area contributed by atoms with Crippen molar-refractivity contribution in [2.45, 2.75) is 173 Å². The number of aliphatic hydroxyl groups excluding tert-OH is 15. The minimum Gasteiger partial charge on any atom is -0.394 e. The minimum absolute atomic E-state index is 0.273. The fourth-order valence-electron chi connectivity index (χ4n) is 8.32. The second kappa shape index (κ2) is 25.9. The number of hydrogen-bond donors (Lipinski definition) is 18. The topological polar surface area (TPSA) is 483 Å². The van der Waals surface area contributed by atoms with E-state index < -0.39 is 218 Å². The lowest BCUT2D eigenvalue weighted by atomic mass is 9.94. The molecule has 0 aromatic carbocycles. The van der Waals surface area contributed by atoms with Gasteiger partial charge in [0.2, 0.25) is 18.2 Å². The fraction of sp³-hybridized carbons (Fsp3) is 0.921. The van der Waals surface area contributed by atoms with Crippen molar-refractivity contribution in [3.63, 3.8) is 0 Å². The van der Waals surface area contributed by atoms with Crippen molar-refractivity contribution in [1.29, 1.82) is 0 Å². The SMILES string of the molecule is CC(=O)N[C@H]1[C@H](O[C@H]2[C@@H](O)[C@@H](CO[C@@H]3O[C@H](CO)[C@@H](O)[C@H](O)[C@H]3NC(C)=O)O[C@@H](O[C@H]3[C@H](O)[C@@H](O)[C@H](OC[C@@H](CO)NC=O)O[C@@H]3CO)[C@@H]2O)O[C@H](CO)[C@@H](O[C@@H]2O[C@H](CO)[C@H](O)[C@H](O)[C@H]2O)[C@@H]1O. The van der Waals surface area contributed by atoms with Gasteiger partial charge in [-0.25, -0.2) is 0 Å². The van der Waals surface area contributed by atoms with Crippen LogP contribution in [0.3, 0.4) is 0 Å². The quantitative estimate of drug-likeness (QED) is 0.0475. The molecule has 0 aromatic rings. The largest absolute Gasteiger partial charge is 0.394 e. The van der Waals surface area contributed by atoms with Crippen molar-refractivity contribution < 1.29 is 138 Å². The number of ether oxygens (including phenoxy) is 10. The molecule has 26 atom stereocenters. The molecule has 3 amide bonds. The molecule has 5 saturated heterocycles. The molecule has 0 spiro atoms. The molecular formula is C38H65N3O28. The molecule has 31 nitrogen and oxygen atoms in total. The van der Waals surface area contributed by atoms with E-state index in [9.17, 15) is 91.0 Å². The van der Waals surface area contributed by atoms with Gasteiger partial charge in [-0.05, 0) is 0 Å². The highest BCUT2D eigenvalue weighted by Crippen LogP contribution is 2.35. The molecule has 69 heavy (non-hydrogen) atoms. The van der Waals surface area contributed by atoms with Gasteiger partial charge in [0.05, 0.1) is 52.3 Å². The van der Waals surface area contributed by atoms with Crippen LogP contribution in [0.1, 0.15) is 13.8 Å². The van der Waals surface area contributed by atoms with Gasteiger partial charge < -0.3 is 140 Å². The number of nitrogens with one attached hydrogen (secondary N) is 3. The Morgan fingerprint density at radius 2 is 0.928 bits per heavy atom. The summed E-state index contributed by atoms with van der Waals surface area (Å²) in [5, 5.41) is 167. The van der Waals surface area contributed by atoms with Gasteiger partial charge in [-0.15, -0.1) is 0 Å². The first-order chi connectivity index (χ1) is 32.7. The minimum atomic E-state index is -2.23. The lowest BCUT2D eigenvalue weighted by Gasteiger charge is -2.50. The van der Waals surface area contributed by atoms with E-state index in [0.29, 0.717) is 0 Å². The second-order valence-corrected chi connectivity index (χ2v) is 16.9. The standard InChI is InChI=1S/C38H65N3O28/c1-11(48)40-19-24(53)21(50)14(4-43)62-34(19)61-9-18-23(52)33(30(59)38(66-18)68-32-17(7-46)65-36(29(58)27(32)56)60-8-13(3-42)39-10-47)69-35-20(41-12(2)49)25(54)31(16(6-45)64-35)67-37-28(57)26(55)22(51)15(5-44)63-37/h10,13-38,42-46,50-59H,3-9H2,1-2H3,(H,39,47)(H,40,48)(H,41,49)/t13-,14-,15-,16-,17-,18-,19-,20-,21-,22+,23+,24-,25-,26+,27-,28-,29-,30-,31-,32-,33+,34-,35+,36-,37+,38+/m1/s1. The number of carbonyl (C=O) groups is 3. The summed E-state index contributed by atoms with van der Waals surface area (Å²) in [5.74, 6) is -1.56. The van der Waals surface area contributed by atoms with Crippen LogP contribution in [0.5, 0.6) is 0 Å². The highest BCUT2D eigenvalue weighted by molar-refractivity contribution is 5.73. The van der Waals surface area contributed by atoms with E-state index in [4.69, 9.17) is 47.4 Å². The summed E-state index contributed by atoms with van der Waals surface area (Å²) in [6.07, 6.45) is -42.3. The zero-order chi connectivity index (χ0) is 51.0. The van der Waals surface area contributed by atoms with Gasteiger partial charge in [-0.1, -0.05) is 0 Å². The first-order valence-corrected chi connectivity index (χ1v) is 21.8. The van der Waals surface area contributed by atoms with Gasteiger partial charge in [0.1, 0.15) is 122 Å². The van der Waals surface area contributed by atoms with Crippen molar-refractivity contribution in [3.8, 4) is 0 Å². The Morgan fingerprint density at radius 3 is 1.46 bits per heavy atom. The molecule has 0 aliphatic carbocycles. The molecule has 0 radical (unpaired) electrons. The molecule has 18 N–H and O–H groups in total. The smallest absolute Gasteiger partial charge is 0.217 e. The highest BCUT2D eigenvalue weighted by atomic mass is 16.8. The Morgan fingerprint density at radius 1 is 0.478 bits per heavy atom. The Kier molecular flexibility index (Phi) is 21.5. The normalized spacial score (nSPS) is 45.6. The average molecular weight is 1010 g/mol. The van der Waals surface area contributed by atoms with E-state index in [0.717, 1.165) is 13.8 Å². The van der Waals surface area contributed by atoms with E-state index >= 15 is 0 Å². The second-order valence-electron chi connectivity index (χ2n) is 16.9. The van der Waals surface area contributed by atoms with Crippen molar-refractivity contribution in [2.24, 2.45) is 0 Å². The van der Waals surface area contributed by atoms with Gasteiger partial charge >= 0.3 is 0 Å². The lowest BCUT2D eigenvalue weighted by molar-refractivity contribution is -0.384. The Balaban J connectivity index is 1.44. The zero-order valence-corrected chi connectivity index (χ0v) is 37.1. The number of rotatable bonds is 21. The number of aliphatic hydroxyl groups is 15. The summed E-state index contributed by atoms with van der Waals surface area (Å²) >= 11 is 0. The number of hydrogen-bond acceptors (Lipinski definition) is 28. The van der Waals surface area contributed by atoms with Crippen molar-refractivity contribution >= 4 is 18.2 Å². The summed E-state index contributed by atoms with van der Waals surface area (Å²) in [7, 11) is 0. The Bertz CT molecular complexity index is 1610. The Labute approximate surface area is 391 Å². The van der Waals surface area contributed by atoms with Crippen LogP contribution in [0.15, 0.2) is 0 Å². The van der Waals surface area contributed by atoms with Gasteiger partial charge in [0.15, 0.2) is 31.5 Å². The van der Waals surface area contributed by atoms with E-state index in [1.807, 2.05) is 0 Å². The predicted octanol–water partition coefficient (Wildman–Crippen LogP) is -12.5. The molecule has 5 heterocycles. The molecule has 400 valence electrons. The van der Waals surface area contributed by atoms with Gasteiger partial charge in [-0.2, -0.15) is 0 Å². The summed E-state index contributed by atoms with van der Waals surface area (Å²) in [6.45, 7) is -3.48. The first kappa shape index (κ1) is 57.3. The molecule has 5 aliphatic heterocycles. The molecule has 31 heteroatoms. The Hall–Kier alpha value is -2.59. The van der Waals surface area contributed by atoms with Crippen LogP contribution in [0, 0.1) is 0 Å². The fourth-order valence-corrected chi connectivity index (χ4v) is 8.32. The van der Waals surface area contributed by atoms with E-state index in [2.05, 4.69) is 16.0 Å². The molecule has 5 aliphatic rings. The molecule has 0 aromatic heterocycles. The van der Waals surface area contributed by atoms with Gasteiger partial charge in [0.25, 0.3) is 0 Å². The molecular weight excluding hydrogens is 946 g/mol. The maximum atomic E-state index is 12.6.